The number of nitrogens with zero attached hydrogens (tertiary/aromatic N) is 3. The minimum absolute atomic E-state index is 0.0220. The number of hydrogen-bond acceptors (Lipinski definition) is 3. The number of carbonyl (C=O) groups is 1. The average molecular weight is 300 g/mol. The zero-order valence-electron chi connectivity index (χ0n) is 13.2. The van der Waals surface area contributed by atoms with Crippen LogP contribution in [0.25, 0.3) is 0 Å². The molecule has 2 fully saturated rings. The molecule has 3 heterocycles. The fourth-order valence-corrected chi connectivity index (χ4v) is 3.78. The third-order valence-corrected chi connectivity index (χ3v) is 5.27. The molecule has 3 rings (SSSR count). The van der Waals surface area contributed by atoms with Crippen LogP contribution in [-0.2, 0) is 0 Å². The number of H-pyrrole nitrogens is 1. The summed E-state index contributed by atoms with van der Waals surface area (Å²) < 4.78 is 0. The highest BCUT2D eigenvalue weighted by molar-refractivity contribution is 5.92. The summed E-state index contributed by atoms with van der Waals surface area (Å²) in [4.78, 5) is 19.9. The van der Waals surface area contributed by atoms with Crippen molar-refractivity contribution in [1.29, 1.82) is 5.26 Å². The Kier molecular flexibility index (Phi) is 4.49. The number of nitriles is 1. The maximum atomic E-state index is 12.4. The molecule has 1 aromatic heterocycles. The Bertz CT molecular complexity index is 559. The van der Waals surface area contributed by atoms with Gasteiger partial charge in [-0.2, -0.15) is 5.26 Å². The predicted octanol–water partition coefficient (Wildman–Crippen LogP) is 2.22. The molecule has 2 aliphatic heterocycles. The van der Waals surface area contributed by atoms with Crippen LogP contribution in [0.2, 0.25) is 0 Å². The highest BCUT2D eigenvalue weighted by Crippen LogP contribution is 2.27. The van der Waals surface area contributed by atoms with Gasteiger partial charge in [-0.05, 0) is 57.7 Å². The summed E-state index contributed by atoms with van der Waals surface area (Å²) >= 11 is 0. The molecule has 0 bridgehead atoms. The Hall–Kier alpha value is -1.80. The van der Waals surface area contributed by atoms with Gasteiger partial charge in [0.05, 0.1) is 5.56 Å². The van der Waals surface area contributed by atoms with Crippen molar-refractivity contribution in [3.8, 4) is 6.07 Å². The van der Waals surface area contributed by atoms with Crippen LogP contribution in [0, 0.1) is 17.2 Å². The molecule has 2 aliphatic rings. The van der Waals surface area contributed by atoms with E-state index in [1.807, 2.05) is 4.90 Å². The van der Waals surface area contributed by atoms with E-state index in [1.54, 1.807) is 12.3 Å². The van der Waals surface area contributed by atoms with Crippen molar-refractivity contribution in [3.05, 3.63) is 23.5 Å². The zero-order chi connectivity index (χ0) is 15.5. The second-order valence-corrected chi connectivity index (χ2v) is 6.53. The second-order valence-electron chi connectivity index (χ2n) is 6.53. The lowest BCUT2D eigenvalue weighted by Gasteiger charge is -2.38. The third kappa shape index (κ3) is 3.02. The van der Waals surface area contributed by atoms with Gasteiger partial charge in [-0.1, -0.05) is 0 Å². The van der Waals surface area contributed by atoms with Crippen LogP contribution in [0.3, 0.4) is 0 Å². The first-order chi connectivity index (χ1) is 10.7. The lowest BCUT2D eigenvalue weighted by atomic mass is 9.89. The van der Waals surface area contributed by atoms with E-state index < -0.39 is 0 Å². The number of aromatic nitrogens is 1. The van der Waals surface area contributed by atoms with Crippen molar-refractivity contribution in [2.75, 3.05) is 26.2 Å². The van der Waals surface area contributed by atoms with Crippen LogP contribution < -0.4 is 0 Å². The molecule has 0 saturated carbocycles. The summed E-state index contributed by atoms with van der Waals surface area (Å²) in [5, 5.41) is 8.84. The maximum absolute atomic E-state index is 12.4. The molecule has 0 aliphatic carbocycles. The van der Waals surface area contributed by atoms with E-state index in [4.69, 9.17) is 5.26 Å². The van der Waals surface area contributed by atoms with Crippen molar-refractivity contribution >= 4 is 5.91 Å². The molecule has 0 spiro atoms. The van der Waals surface area contributed by atoms with E-state index in [-0.39, 0.29) is 5.91 Å². The monoisotopic (exact) mass is 300 g/mol. The van der Waals surface area contributed by atoms with Crippen molar-refractivity contribution in [2.24, 2.45) is 5.92 Å². The van der Waals surface area contributed by atoms with Gasteiger partial charge in [0.15, 0.2) is 0 Å². The summed E-state index contributed by atoms with van der Waals surface area (Å²) in [6.07, 6.45) is 6.41. The Morgan fingerprint density at radius 1 is 1.32 bits per heavy atom. The van der Waals surface area contributed by atoms with Gasteiger partial charge in [-0.25, -0.2) is 0 Å². The first-order valence-electron chi connectivity index (χ1n) is 8.31. The number of hydrogen-bond donors (Lipinski definition) is 1. The van der Waals surface area contributed by atoms with Crippen LogP contribution in [0.5, 0.6) is 0 Å². The molecule has 1 atom stereocenters. The largest absolute Gasteiger partial charge is 0.356 e. The van der Waals surface area contributed by atoms with Gasteiger partial charge in [-0.3, -0.25) is 4.79 Å². The van der Waals surface area contributed by atoms with Crippen molar-refractivity contribution in [2.45, 2.75) is 38.6 Å². The van der Waals surface area contributed by atoms with Crippen molar-refractivity contribution < 1.29 is 4.79 Å². The van der Waals surface area contributed by atoms with Gasteiger partial charge < -0.3 is 14.8 Å². The van der Waals surface area contributed by atoms with Crippen LogP contribution in [0.4, 0.5) is 0 Å². The van der Waals surface area contributed by atoms with Gasteiger partial charge in [0, 0.05) is 25.3 Å². The molecule has 0 unspecified atom stereocenters. The van der Waals surface area contributed by atoms with Crippen molar-refractivity contribution in [1.82, 2.24) is 14.8 Å². The lowest BCUT2D eigenvalue weighted by Crippen LogP contribution is -2.45. The Balaban J connectivity index is 1.54. The van der Waals surface area contributed by atoms with E-state index >= 15 is 0 Å². The molecule has 2 saturated heterocycles. The van der Waals surface area contributed by atoms with Gasteiger partial charge in [0.25, 0.3) is 5.91 Å². The van der Waals surface area contributed by atoms with E-state index in [2.05, 4.69) is 22.9 Å². The number of piperidine rings is 1. The summed E-state index contributed by atoms with van der Waals surface area (Å²) in [6, 6.07) is 4.33. The van der Waals surface area contributed by atoms with Gasteiger partial charge in [0.2, 0.25) is 0 Å². The zero-order valence-corrected chi connectivity index (χ0v) is 13.2. The molecule has 5 nitrogen and oxygen atoms in total. The molecule has 0 aromatic carbocycles. The number of likely N-dealkylation sites (tertiary alicyclic amines) is 2. The van der Waals surface area contributed by atoms with Crippen LogP contribution in [0.1, 0.15) is 48.7 Å². The number of nitrogens with one attached hydrogen (secondary N) is 1. The Morgan fingerprint density at radius 3 is 2.59 bits per heavy atom. The van der Waals surface area contributed by atoms with E-state index in [0.717, 1.165) is 25.9 Å². The Morgan fingerprint density at radius 2 is 2.00 bits per heavy atom. The minimum atomic E-state index is 0.0220. The molecule has 5 heteroatoms. The molecule has 1 amide bonds. The summed E-state index contributed by atoms with van der Waals surface area (Å²) in [5.74, 6) is 0.717. The fraction of sp³-hybridized carbons (Fsp3) is 0.647. The SMILES string of the molecule is C[C@H](C1CCN(C(=O)c2cc(C#N)c[nH]2)CC1)N1CCCC1. The first kappa shape index (κ1) is 15.1. The van der Waals surface area contributed by atoms with Gasteiger partial charge >= 0.3 is 0 Å². The standard InChI is InChI=1S/C17H24N4O/c1-13(20-6-2-3-7-20)15-4-8-21(9-5-15)17(22)16-10-14(11-18)12-19-16/h10,12-13,15,19H,2-9H2,1H3/t13-/m1/s1. The summed E-state index contributed by atoms with van der Waals surface area (Å²) in [7, 11) is 0. The molecule has 118 valence electrons. The number of rotatable bonds is 3. The van der Waals surface area contributed by atoms with E-state index in [1.165, 1.54) is 25.9 Å². The molecule has 0 radical (unpaired) electrons. The lowest BCUT2D eigenvalue weighted by molar-refractivity contribution is 0.0619. The van der Waals surface area contributed by atoms with Crippen molar-refractivity contribution in [3.63, 3.8) is 0 Å². The Labute approximate surface area is 131 Å². The molecular weight excluding hydrogens is 276 g/mol. The quantitative estimate of drug-likeness (QED) is 0.931. The van der Waals surface area contributed by atoms with Crippen LogP contribution in [-0.4, -0.2) is 52.9 Å². The van der Waals surface area contributed by atoms with Crippen LogP contribution >= 0.6 is 0 Å². The normalized spacial score (nSPS) is 21.7. The summed E-state index contributed by atoms with van der Waals surface area (Å²) in [5.41, 5.74) is 1.04. The smallest absolute Gasteiger partial charge is 0.270 e. The topological polar surface area (TPSA) is 63.1 Å². The second kappa shape index (κ2) is 6.53. The summed E-state index contributed by atoms with van der Waals surface area (Å²) in [6.45, 7) is 6.46. The van der Waals surface area contributed by atoms with Crippen LogP contribution in [0.15, 0.2) is 12.3 Å². The number of aromatic amines is 1. The number of carbonyl (C=O) groups excluding carboxylic acids is 1. The molecule has 1 aromatic rings. The number of amides is 1. The average Bonchev–Trinajstić information content (AvgIpc) is 3.25. The molecule has 22 heavy (non-hydrogen) atoms. The maximum Gasteiger partial charge on any atom is 0.270 e. The van der Waals surface area contributed by atoms with Gasteiger partial charge in [0.1, 0.15) is 11.8 Å². The predicted molar refractivity (Wildman–Crippen MR) is 84.4 cm³/mol. The molecule has 1 N–H and O–H groups in total. The first-order valence-corrected chi connectivity index (χ1v) is 8.31. The van der Waals surface area contributed by atoms with Gasteiger partial charge in [-0.15, -0.1) is 0 Å². The van der Waals surface area contributed by atoms with E-state index in [0.29, 0.717) is 23.2 Å². The minimum Gasteiger partial charge on any atom is -0.356 e. The fourth-order valence-electron chi connectivity index (χ4n) is 3.78. The molecular formula is C17H24N4O. The van der Waals surface area contributed by atoms with E-state index in [9.17, 15) is 4.79 Å². The third-order valence-electron chi connectivity index (χ3n) is 5.27. The highest BCUT2D eigenvalue weighted by atomic mass is 16.2. The highest BCUT2D eigenvalue weighted by Gasteiger charge is 2.30.